The first-order valence-electron chi connectivity index (χ1n) is 3.99. The zero-order chi connectivity index (χ0) is 9.52. The van der Waals surface area contributed by atoms with Gasteiger partial charge in [0.1, 0.15) is 6.61 Å². The first kappa shape index (κ1) is 9.45. The van der Waals surface area contributed by atoms with E-state index >= 15 is 0 Å². The number of hydrogen-bond donors (Lipinski definition) is 0. The molecular weight excluding hydrogens is 166 g/mol. The molecule has 3 heteroatoms. The summed E-state index contributed by atoms with van der Waals surface area (Å²) in [5, 5.41) is 0. The van der Waals surface area contributed by atoms with E-state index in [1.165, 1.54) is 6.08 Å². The van der Waals surface area contributed by atoms with E-state index < -0.39 is 0 Å². The van der Waals surface area contributed by atoms with Gasteiger partial charge in [-0.1, -0.05) is 18.7 Å². The second-order valence-corrected chi connectivity index (χ2v) is 2.47. The molecule has 0 radical (unpaired) electrons. The highest BCUT2D eigenvalue weighted by Crippen LogP contribution is 1.96. The minimum atomic E-state index is -0.279. The molecule has 0 spiro atoms. The molecule has 13 heavy (non-hydrogen) atoms. The van der Waals surface area contributed by atoms with E-state index in [2.05, 4.69) is 11.6 Å². The molecule has 0 aliphatic rings. The summed E-state index contributed by atoms with van der Waals surface area (Å²) in [4.78, 5) is 15.1. The predicted octanol–water partition coefficient (Wildman–Crippen LogP) is 1.35. The van der Waals surface area contributed by atoms with Gasteiger partial charge in [0.25, 0.3) is 0 Å². The average Bonchev–Trinajstić information content (AvgIpc) is 2.16. The number of rotatable bonds is 4. The zero-order valence-corrected chi connectivity index (χ0v) is 7.27. The van der Waals surface area contributed by atoms with Crippen molar-refractivity contribution in [1.82, 2.24) is 4.98 Å². The Labute approximate surface area is 77.1 Å². The number of carbonyl (C=O) groups is 1. The molecule has 0 bridgehead atoms. The van der Waals surface area contributed by atoms with Gasteiger partial charge in [-0.25, -0.2) is 0 Å². The molecule has 1 heterocycles. The number of carbonyl (C=O) groups excluding carboxylic acids is 1. The van der Waals surface area contributed by atoms with Gasteiger partial charge < -0.3 is 4.74 Å². The maximum Gasteiger partial charge on any atom is 0.312 e. The van der Waals surface area contributed by atoms with Crippen LogP contribution >= 0.6 is 0 Å². The van der Waals surface area contributed by atoms with Crippen molar-refractivity contribution in [3.05, 3.63) is 42.7 Å². The standard InChI is InChI=1S/C10H11NO2/c1-2-7-13-10(12)8-9-5-3-4-6-11-9/h2-6H,1,7-8H2. The van der Waals surface area contributed by atoms with Crippen LogP contribution in [0.4, 0.5) is 0 Å². The lowest BCUT2D eigenvalue weighted by atomic mass is 10.3. The van der Waals surface area contributed by atoms with Gasteiger partial charge in [0.05, 0.1) is 12.1 Å². The van der Waals surface area contributed by atoms with Gasteiger partial charge in [0.15, 0.2) is 0 Å². The maximum atomic E-state index is 11.1. The van der Waals surface area contributed by atoms with E-state index in [9.17, 15) is 4.79 Å². The Hall–Kier alpha value is -1.64. The molecule has 1 aromatic heterocycles. The van der Waals surface area contributed by atoms with Crippen LogP contribution in [0.1, 0.15) is 5.69 Å². The van der Waals surface area contributed by atoms with E-state index in [4.69, 9.17) is 4.74 Å². The van der Waals surface area contributed by atoms with Gasteiger partial charge in [-0.2, -0.15) is 0 Å². The Morgan fingerprint density at radius 2 is 2.46 bits per heavy atom. The number of ether oxygens (including phenoxy) is 1. The lowest BCUT2D eigenvalue weighted by Crippen LogP contribution is -2.08. The van der Waals surface area contributed by atoms with Crippen molar-refractivity contribution in [1.29, 1.82) is 0 Å². The molecule has 0 aromatic carbocycles. The zero-order valence-electron chi connectivity index (χ0n) is 7.27. The van der Waals surface area contributed by atoms with Crippen molar-refractivity contribution in [2.75, 3.05) is 6.61 Å². The highest BCUT2D eigenvalue weighted by Gasteiger charge is 2.03. The summed E-state index contributed by atoms with van der Waals surface area (Å²) >= 11 is 0. The fraction of sp³-hybridized carbons (Fsp3) is 0.200. The summed E-state index contributed by atoms with van der Waals surface area (Å²) < 4.78 is 4.80. The monoisotopic (exact) mass is 177 g/mol. The number of nitrogens with zero attached hydrogens (tertiary/aromatic N) is 1. The summed E-state index contributed by atoms with van der Waals surface area (Å²) in [5.41, 5.74) is 0.719. The van der Waals surface area contributed by atoms with Crippen LogP contribution in [-0.4, -0.2) is 17.6 Å². The van der Waals surface area contributed by atoms with Crippen molar-refractivity contribution < 1.29 is 9.53 Å². The molecule has 0 atom stereocenters. The summed E-state index contributed by atoms with van der Waals surface area (Å²) in [6.07, 6.45) is 3.40. The molecule has 0 amide bonds. The van der Waals surface area contributed by atoms with E-state index in [0.29, 0.717) is 0 Å². The van der Waals surface area contributed by atoms with Crippen molar-refractivity contribution in [3.8, 4) is 0 Å². The molecule has 0 fully saturated rings. The van der Waals surface area contributed by atoms with Gasteiger partial charge in [-0.05, 0) is 12.1 Å². The van der Waals surface area contributed by atoms with Crippen LogP contribution in [-0.2, 0) is 16.0 Å². The molecule has 3 nitrogen and oxygen atoms in total. The fourth-order valence-electron chi connectivity index (χ4n) is 0.853. The average molecular weight is 177 g/mol. The number of pyridine rings is 1. The van der Waals surface area contributed by atoms with Gasteiger partial charge in [0.2, 0.25) is 0 Å². The SMILES string of the molecule is C=CCOC(=O)Cc1ccccn1. The molecule has 68 valence electrons. The molecule has 0 saturated heterocycles. The highest BCUT2D eigenvalue weighted by molar-refractivity contribution is 5.71. The molecule has 0 N–H and O–H groups in total. The van der Waals surface area contributed by atoms with E-state index in [0.717, 1.165) is 5.69 Å². The molecule has 0 unspecified atom stereocenters. The summed E-state index contributed by atoms with van der Waals surface area (Å²) in [5.74, 6) is -0.279. The normalized spacial score (nSPS) is 9.23. The third-order valence-electron chi connectivity index (χ3n) is 1.41. The smallest absolute Gasteiger partial charge is 0.312 e. The Kier molecular flexibility index (Phi) is 3.70. The second kappa shape index (κ2) is 5.09. The van der Waals surface area contributed by atoms with Crippen LogP contribution in [0, 0.1) is 0 Å². The Bertz CT molecular complexity index is 282. The first-order chi connectivity index (χ1) is 6.33. The molecule has 0 aliphatic heterocycles. The Balaban J connectivity index is 2.41. The number of hydrogen-bond acceptors (Lipinski definition) is 3. The van der Waals surface area contributed by atoms with Crippen molar-refractivity contribution in [2.45, 2.75) is 6.42 Å². The van der Waals surface area contributed by atoms with Gasteiger partial charge in [-0.15, -0.1) is 0 Å². The van der Waals surface area contributed by atoms with Crippen molar-refractivity contribution in [2.24, 2.45) is 0 Å². The minimum absolute atomic E-state index is 0.217. The van der Waals surface area contributed by atoms with Crippen molar-refractivity contribution in [3.63, 3.8) is 0 Å². The second-order valence-electron chi connectivity index (χ2n) is 2.47. The van der Waals surface area contributed by atoms with Crippen LogP contribution in [0.15, 0.2) is 37.1 Å². The van der Waals surface area contributed by atoms with Crippen LogP contribution in [0.2, 0.25) is 0 Å². The van der Waals surface area contributed by atoms with E-state index in [-0.39, 0.29) is 19.0 Å². The van der Waals surface area contributed by atoms with Crippen LogP contribution in [0.3, 0.4) is 0 Å². The van der Waals surface area contributed by atoms with E-state index in [1.807, 2.05) is 6.07 Å². The molecule has 0 aliphatic carbocycles. The molecular formula is C10H11NO2. The molecule has 1 rings (SSSR count). The highest BCUT2D eigenvalue weighted by atomic mass is 16.5. The topological polar surface area (TPSA) is 39.2 Å². The Morgan fingerprint density at radius 3 is 3.08 bits per heavy atom. The minimum Gasteiger partial charge on any atom is -0.461 e. The summed E-state index contributed by atoms with van der Waals surface area (Å²) in [6.45, 7) is 3.70. The maximum absolute atomic E-state index is 11.1. The Morgan fingerprint density at radius 1 is 1.62 bits per heavy atom. The molecule has 1 aromatic rings. The van der Waals surface area contributed by atoms with Crippen LogP contribution < -0.4 is 0 Å². The quantitative estimate of drug-likeness (QED) is 0.514. The lowest BCUT2D eigenvalue weighted by Gasteiger charge is -2.00. The number of esters is 1. The summed E-state index contributed by atoms with van der Waals surface area (Å²) in [6, 6.07) is 5.43. The fourth-order valence-corrected chi connectivity index (χ4v) is 0.853. The van der Waals surface area contributed by atoms with Gasteiger partial charge >= 0.3 is 5.97 Å². The lowest BCUT2D eigenvalue weighted by molar-refractivity contribution is -0.141. The van der Waals surface area contributed by atoms with Gasteiger partial charge in [0, 0.05) is 6.20 Å². The van der Waals surface area contributed by atoms with Crippen LogP contribution in [0.25, 0.3) is 0 Å². The third kappa shape index (κ3) is 3.51. The summed E-state index contributed by atoms with van der Waals surface area (Å²) in [7, 11) is 0. The van der Waals surface area contributed by atoms with E-state index in [1.54, 1.807) is 18.3 Å². The predicted molar refractivity (Wildman–Crippen MR) is 49.1 cm³/mol. The molecule has 0 saturated carbocycles. The van der Waals surface area contributed by atoms with Crippen LogP contribution in [0.5, 0.6) is 0 Å². The third-order valence-corrected chi connectivity index (χ3v) is 1.41. The number of aromatic nitrogens is 1. The first-order valence-corrected chi connectivity index (χ1v) is 3.99. The largest absolute Gasteiger partial charge is 0.461 e. The van der Waals surface area contributed by atoms with Crippen molar-refractivity contribution >= 4 is 5.97 Å². The van der Waals surface area contributed by atoms with Gasteiger partial charge in [-0.3, -0.25) is 9.78 Å².